The number of nitrogens with zero attached hydrogens (tertiary/aromatic N) is 3. The fraction of sp³-hybridized carbons (Fsp3) is 0.619. The Hall–Kier alpha value is -1.96. The number of ether oxygens (including phenoxy) is 1. The first-order valence-electron chi connectivity index (χ1n) is 9.98. The summed E-state index contributed by atoms with van der Waals surface area (Å²) in [5.41, 5.74) is 1.37. The molecule has 2 fully saturated rings. The lowest BCUT2D eigenvalue weighted by Gasteiger charge is -2.34. The van der Waals surface area contributed by atoms with Gasteiger partial charge in [-0.3, -0.25) is 9.69 Å². The molecule has 7 nitrogen and oxygen atoms in total. The van der Waals surface area contributed by atoms with Gasteiger partial charge in [0.15, 0.2) is 0 Å². The lowest BCUT2D eigenvalue weighted by molar-refractivity contribution is -0.205. The zero-order chi connectivity index (χ0) is 20.1. The van der Waals surface area contributed by atoms with Crippen molar-refractivity contribution >= 4 is 11.9 Å². The smallest absolute Gasteiger partial charge is 0.330 e. The average molecular weight is 389 g/mol. The van der Waals surface area contributed by atoms with Crippen molar-refractivity contribution in [1.82, 2.24) is 14.9 Å². The second-order valence-electron chi connectivity index (χ2n) is 8.44. The van der Waals surface area contributed by atoms with Crippen LogP contribution in [0.5, 0.6) is 0 Å². The van der Waals surface area contributed by atoms with Crippen LogP contribution >= 0.6 is 0 Å². The summed E-state index contributed by atoms with van der Waals surface area (Å²) in [5.74, 6) is -0.220. The van der Waals surface area contributed by atoms with Crippen LogP contribution in [-0.2, 0) is 20.9 Å². The van der Waals surface area contributed by atoms with Crippen LogP contribution in [0.2, 0.25) is 0 Å². The van der Waals surface area contributed by atoms with E-state index < -0.39 is 5.41 Å². The highest BCUT2D eigenvalue weighted by molar-refractivity contribution is 5.94. The number of piperazine rings is 1. The molecule has 3 rings (SSSR count). The lowest BCUT2D eigenvalue weighted by Crippen LogP contribution is -2.49. The topological polar surface area (TPSA) is 62.3 Å². The van der Waals surface area contributed by atoms with Crippen molar-refractivity contribution in [1.29, 1.82) is 0 Å². The Morgan fingerprint density at radius 3 is 2.14 bits per heavy atom. The van der Waals surface area contributed by atoms with Gasteiger partial charge in [0.1, 0.15) is 0 Å². The number of benzene rings is 1. The molecule has 2 aliphatic heterocycles. The number of carbonyl (C=O) groups excluding carboxylic acids is 2. The van der Waals surface area contributed by atoms with Crippen molar-refractivity contribution in [3.05, 3.63) is 35.4 Å². The predicted molar refractivity (Wildman–Crippen MR) is 106 cm³/mol. The third-order valence-corrected chi connectivity index (χ3v) is 5.06. The number of carbonyl (C=O) groups is 2. The summed E-state index contributed by atoms with van der Waals surface area (Å²) in [5, 5.41) is 1.66. The summed E-state index contributed by atoms with van der Waals surface area (Å²) in [6.07, 6.45) is 0. The van der Waals surface area contributed by atoms with Crippen LogP contribution in [-0.4, -0.2) is 79.2 Å². The maximum absolute atomic E-state index is 12.8. The molecular weight excluding hydrogens is 358 g/mol. The van der Waals surface area contributed by atoms with E-state index in [1.165, 1.54) is 5.56 Å². The van der Waals surface area contributed by atoms with Crippen molar-refractivity contribution in [3.63, 3.8) is 0 Å². The van der Waals surface area contributed by atoms with Crippen LogP contribution in [0.3, 0.4) is 0 Å². The van der Waals surface area contributed by atoms with Crippen molar-refractivity contribution in [3.8, 4) is 0 Å². The molecule has 154 valence electrons. The quantitative estimate of drug-likeness (QED) is 0.782. The standard InChI is InChI=1S/C21H31N3O4/c1-21(2,3)20(26)28-24-10-8-23(9-11-24)19(25)18-6-4-17(5-7-18)16-22-12-14-27-15-13-22/h4-7H,8-16H2,1-3H3. The molecule has 0 spiro atoms. The summed E-state index contributed by atoms with van der Waals surface area (Å²) < 4.78 is 5.38. The minimum absolute atomic E-state index is 0.0275. The van der Waals surface area contributed by atoms with Crippen molar-refractivity contribution in [2.75, 3.05) is 52.5 Å². The second kappa shape index (κ2) is 9.03. The number of hydrogen-bond donors (Lipinski definition) is 0. The zero-order valence-corrected chi connectivity index (χ0v) is 17.1. The van der Waals surface area contributed by atoms with Crippen LogP contribution in [0.4, 0.5) is 0 Å². The molecule has 1 aromatic carbocycles. The van der Waals surface area contributed by atoms with Gasteiger partial charge in [0.05, 0.1) is 31.7 Å². The van der Waals surface area contributed by atoms with Crippen molar-refractivity contribution in [2.45, 2.75) is 27.3 Å². The van der Waals surface area contributed by atoms with E-state index in [-0.39, 0.29) is 11.9 Å². The Balaban J connectivity index is 1.48. The first-order chi connectivity index (χ1) is 13.3. The van der Waals surface area contributed by atoms with Gasteiger partial charge in [-0.15, -0.1) is 5.06 Å². The van der Waals surface area contributed by atoms with E-state index in [0.717, 1.165) is 32.8 Å². The summed E-state index contributed by atoms with van der Waals surface area (Å²) >= 11 is 0. The molecule has 28 heavy (non-hydrogen) atoms. The third-order valence-electron chi connectivity index (χ3n) is 5.06. The minimum atomic E-state index is -0.532. The molecular formula is C21H31N3O4. The van der Waals surface area contributed by atoms with Crippen LogP contribution in [0.25, 0.3) is 0 Å². The molecule has 2 saturated heterocycles. The van der Waals surface area contributed by atoms with Crippen molar-refractivity contribution < 1.29 is 19.2 Å². The molecule has 0 bridgehead atoms. The molecule has 7 heteroatoms. The Morgan fingerprint density at radius 2 is 1.57 bits per heavy atom. The molecule has 1 aromatic rings. The fourth-order valence-electron chi connectivity index (χ4n) is 3.19. The molecule has 1 amide bonds. The highest BCUT2D eigenvalue weighted by atomic mass is 16.7. The monoisotopic (exact) mass is 389 g/mol. The van der Waals surface area contributed by atoms with Gasteiger partial charge in [0.25, 0.3) is 5.91 Å². The van der Waals surface area contributed by atoms with Crippen LogP contribution in [0.1, 0.15) is 36.7 Å². The van der Waals surface area contributed by atoms with E-state index in [4.69, 9.17) is 9.57 Å². The van der Waals surface area contributed by atoms with E-state index in [1.54, 1.807) is 5.06 Å². The molecule has 2 aliphatic rings. The highest BCUT2D eigenvalue weighted by Crippen LogP contribution is 2.18. The number of amides is 1. The highest BCUT2D eigenvalue weighted by Gasteiger charge is 2.29. The molecule has 2 heterocycles. The van der Waals surface area contributed by atoms with Gasteiger partial charge in [0.2, 0.25) is 0 Å². The Bertz CT molecular complexity index is 670. The number of rotatable bonds is 4. The zero-order valence-electron chi connectivity index (χ0n) is 17.1. The van der Waals surface area contributed by atoms with E-state index in [2.05, 4.69) is 4.90 Å². The van der Waals surface area contributed by atoms with Gasteiger partial charge in [-0.05, 0) is 38.5 Å². The number of hydroxylamine groups is 2. The normalized spacial score (nSPS) is 19.5. The summed E-state index contributed by atoms with van der Waals surface area (Å²) in [6.45, 7) is 12.0. The number of hydrogen-bond acceptors (Lipinski definition) is 6. The van der Waals surface area contributed by atoms with Crippen LogP contribution in [0, 0.1) is 5.41 Å². The maximum Gasteiger partial charge on any atom is 0.330 e. The molecule has 0 aliphatic carbocycles. The summed E-state index contributed by atoms with van der Waals surface area (Å²) in [4.78, 5) is 34.3. The van der Waals surface area contributed by atoms with Gasteiger partial charge >= 0.3 is 5.97 Å². The lowest BCUT2D eigenvalue weighted by atomic mass is 9.98. The molecule has 0 unspecified atom stereocenters. The maximum atomic E-state index is 12.8. The van der Waals surface area contributed by atoms with Gasteiger partial charge in [-0.1, -0.05) is 12.1 Å². The molecule has 0 saturated carbocycles. The molecule has 0 N–H and O–H groups in total. The van der Waals surface area contributed by atoms with Gasteiger partial charge < -0.3 is 14.5 Å². The minimum Gasteiger partial charge on any atom is -0.379 e. The van der Waals surface area contributed by atoms with Gasteiger partial charge in [-0.2, -0.15) is 0 Å². The van der Waals surface area contributed by atoms with E-state index in [1.807, 2.05) is 49.9 Å². The number of morpholine rings is 1. The third kappa shape index (κ3) is 5.53. The summed E-state index contributed by atoms with van der Waals surface area (Å²) in [6, 6.07) is 7.88. The average Bonchev–Trinajstić information content (AvgIpc) is 2.69. The predicted octanol–water partition coefficient (Wildman–Crippen LogP) is 1.78. The van der Waals surface area contributed by atoms with E-state index >= 15 is 0 Å². The van der Waals surface area contributed by atoms with E-state index in [0.29, 0.717) is 31.7 Å². The van der Waals surface area contributed by atoms with Crippen molar-refractivity contribution in [2.24, 2.45) is 5.41 Å². The Labute approximate surface area is 167 Å². The first kappa shape index (κ1) is 20.8. The molecule has 0 radical (unpaired) electrons. The van der Waals surface area contributed by atoms with Gasteiger partial charge in [-0.25, -0.2) is 4.79 Å². The van der Waals surface area contributed by atoms with Crippen LogP contribution in [0.15, 0.2) is 24.3 Å². The van der Waals surface area contributed by atoms with Gasteiger partial charge in [0, 0.05) is 38.3 Å². The SMILES string of the molecule is CC(C)(C)C(=O)ON1CCN(C(=O)c2ccc(CN3CCOCC3)cc2)CC1. The largest absolute Gasteiger partial charge is 0.379 e. The first-order valence-corrected chi connectivity index (χ1v) is 9.98. The fourth-order valence-corrected chi connectivity index (χ4v) is 3.19. The Kier molecular flexibility index (Phi) is 6.69. The molecule has 0 atom stereocenters. The molecule has 0 aromatic heterocycles. The Morgan fingerprint density at radius 1 is 0.964 bits per heavy atom. The summed E-state index contributed by atoms with van der Waals surface area (Å²) in [7, 11) is 0. The van der Waals surface area contributed by atoms with E-state index in [9.17, 15) is 9.59 Å². The second-order valence-corrected chi connectivity index (χ2v) is 8.44. The van der Waals surface area contributed by atoms with Crippen LogP contribution < -0.4 is 0 Å².